The zero-order chi connectivity index (χ0) is 14.4. The molecule has 2 aliphatic rings. The number of nitrogens with zero attached hydrogens (tertiary/aromatic N) is 3. The molecule has 4 rings (SSSR count). The first-order chi connectivity index (χ1) is 10.3. The third-order valence-corrected chi connectivity index (χ3v) is 5.23. The van der Waals surface area contributed by atoms with E-state index in [2.05, 4.69) is 41.5 Å². The van der Waals surface area contributed by atoms with E-state index in [9.17, 15) is 0 Å². The molecule has 1 heterocycles. The largest absolute Gasteiger partial charge is 0.322 e. The van der Waals surface area contributed by atoms with Crippen LogP contribution in [0.4, 0.5) is 0 Å². The Morgan fingerprint density at radius 3 is 3.10 bits per heavy atom. The molecule has 0 aliphatic heterocycles. The van der Waals surface area contributed by atoms with Gasteiger partial charge in [0.05, 0.1) is 17.9 Å². The fourth-order valence-electron chi connectivity index (χ4n) is 4.22. The van der Waals surface area contributed by atoms with Crippen molar-refractivity contribution in [3.8, 4) is 0 Å². The average molecular weight is 282 g/mol. The Morgan fingerprint density at radius 2 is 2.24 bits per heavy atom. The molecule has 1 saturated carbocycles. The van der Waals surface area contributed by atoms with Crippen molar-refractivity contribution in [2.75, 3.05) is 0 Å². The van der Waals surface area contributed by atoms with Gasteiger partial charge >= 0.3 is 0 Å². The quantitative estimate of drug-likeness (QED) is 0.938. The van der Waals surface area contributed by atoms with Crippen LogP contribution >= 0.6 is 0 Å². The zero-order valence-corrected chi connectivity index (χ0v) is 12.4. The summed E-state index contributed by atoms with van der Waals surface area (Å²) in [5.41, 5.74) is 10.8. The smallest absolute Gasteiger partial charge is 0.0757 e. The number of aryl methyl sites for hydroxylation is 2. The van der Waals surface area contributed by atoms with Gasteiger partial charge < -0.3 is 5.73 Å². The molecule has 0 amide bonds. The summed E-state index contributed by atoms with van der Waals surface area (Å²) in [6.45, 7) is 3.06. The molecule has 2 N–H and O–H groups in total. The lowest BCUT2D eigenvalue weighted by Gasteiger charge is -2.14. The van der Waals surface area contributed by atoms with Gasteiger partial charge in [0, 0.05) is 6.54 Å². The predicted molar refractivity (Wildman–Crippen MR) is 81.7 cm³/mol. The van der Waals surface area contributed by atoms with Gasteiger partial charge in [0.1, 0.15) is 0 Å². The van der Waals surface area contributed by atoms with Gasteiger partial charge in [-0.05, 0) is 48.1 Å². The molecule has 110 valence electrons. The third-order valence-electron chi connectivity index (χ3n) is 5.23. The van der Waals surface area contributed by atoms with Gasteiger partial charge in [-0.3, -0.25) is 0 Å². The van der Waals surface area contributed by atoms with Crippen molar-refractivity contribution in [1.29, 1.82) is 0 Å². The Balaban J connectivity index is 1.60. The molecule has 4 heteroatoms. The fraction of sp³-hybridized carbons (Fsp3) is 0.529. The van der Waals surface area contributed by atoms with Crippen molar-refractivity contribution in [3.63, 3.8) is 0 Å². The van der Waals surface area contributed by atoms with E-state index >= 15 is 0 Å². The molecule has 4 atom stereocenters. The van der Waals surface area contributed by atoms with Crippen LogP contribution in [-0.2, 0) is 13.0 Å². The molecule has 4 nitrogen and oxygen atoms in total. The Bertz CT molecular complexity index is 648. The van der Waals surface area contributed by atoms with Crippen LogP contribution in [0.25, 0.3) is 0 Å². The number of rotatable bonds is 4. The second-order valence-electron chi connectivity index (χ2n) is 6.41. The lowest BCUT2D eigenvalue weighted by molar-refractivity contribution is 0.483. The Hall–Kier alpha value is -1.68. The number of fused-ring (bicyclic) bond motifs is 3. The number of hydrogen-bond donors (Lipinski definition) is 1. The highest BCUT2D eigenvalue weighted by Gasteiger charge is 2.56. The first-order valence-corrected chi connectivity index (χ1v) is 8.03. The normalized spacial score (nSPS) is 27.8. The summed E-state index contributed by atoms with van der Waals surface area (Å²) in [4.78, 5) is 0. The highest BCUT2D eigenvalue weighted by molar-refractivity contribution is 5.40. The second-order valence-corrected chi connectivity index (χ2v) is 6.41. The molecule has 0 spiro atoms. The molecule has 0 bridgehead atoms. The topological polar surface area (TPSA) is 56.7 Å². The summed E-state index contributed by atoms with van der Waals surface area (Å²) in [6.07, 6.45) is 5.39. The van der Waals surface area contributed by atoms with Crippen molar-refractivity contribution in [2.45, 2.75) is 44.7 Å². The van der Waals surface area contributed by atoms with E-state index in [0.29, 0.717) is 11.8 Å². The lowest BCUT2D eigenvalue weighted by atomic mass is 9.92. The molecule has 0 radical (unpaired) electrons. The monoisotopic (exact) mass is 282 g/mol. The highest BCUT2D eigenvalue weighted by Crippen LogP contribution is 2.63. The molecular formula is C17H22N4. The maximum Gasteiger partial charge on any atom is 0.0757 e. The molecule has 2 aromatic rings. The number of aromatic nitrogens is 3. The summed E-state index contributed by atoms with van der Waals surface area (Å²) >= 11 is 0. The number of hydrogen-bond acceptors (Lipinski definition) is 3. The molecule has 1 aromatic carbocycles. The van der Waals surface area contributed by atoms with E-state index < -0.39 is 0 Å². The van der Waals surface area contributed by atoms with Crippen molar-refractivity contribution in [1.82, 2.24) is 15.0 Å². The third kappa shape index (κ3) is 2.01. The van der Waals surface area contributed by atoms with Crippen LogP contribution in [0.2, 0.25) is 0 Å². The molecular weight excluding hydrogens is 260 g/mol. The minimum absolute atomic E-state index is 0.0627. The summed E-state index contributed by atoms with van der Waals surface area (Å²) < 4.78 is 1.99. The van der Waals surface area contributed by atoms with Gasteiger partial charge in [0.15, 0.2) is 0 Å². The van der Waals surface area contributed by atoms with Gasteiger partial charge in [0.25, 0.3) is 0 Å². The zero-order valence-electron chi connectivity index (χ0n) is 12.4. The fourth-order valence-corrected chi connectivity index (χ4v) is 4.22. The van der Waals surface area contributed by atoms with Crippen LogP contribution < -0.4 is 5.73 Å². The minimum atomic E-state index is 0.0627. The maximum atomic E-state index is 6.59. The van der Waals surface area contributed by atoms with E-state index in [1.807, 2.05) is 10.9 Å². The lowest BCUT2D eigenvalue weighted by Crippen LogP contribution is -2.19. The second kappa shape index (κ2) is 4.95. The summed E-state index contributed by atoms with van der Waals surface area (Å²) in [5, 5.41) is 8.25. The van der Waals surface area contributed by atoms with E-state index in [1.165, 1.54) is 24.0 Å². The van der Waals surface area contributed by atoms with E-state index in [4.69, 9.17) is 5.73 Å². The van der Waals surface area contributed by atoms with Gasteiger partial charge in [-0.15, -0.1) is 5.10 Å². The van der Waals surface area contributed by atoms with Crippen molar-refractivity contribution in [3.05, 3.63) is 47.3 Å². The summed E-state index contributed by atoms with van der Waals surface area (Å²) in [5.74, 6) is 1.96. The maximum absolute atomic E-state index is 6.59. The van der Waals surface area contributed by atoms with Crippen LogP contribution in [0, 0.1) is 11.8 Å². The molecule has 21 heavy (non-hydrogen) atoms. The van der Waals surface area contributed by atoms with Gasteiger partial charge in [-0.1, -0.05) is 36.4 Å². The van der Waals surface area contributed by atoms with Crippen LogP contribution in [0.3, 0.4) is 0 Å². The number of nitrogens with two attached hydrogens (primary N) is 1. The SMILES string of the molecule is CCCn1nncc1C(N)C1C2CCc3ccccc3C21. The minimum Gasteiger partial charge on any atom is -0.322 e. The molecule has 1 fully saturated rings. The Morgan fingerprint density at radius 1 is 1.38 bits per heavy atom. The van der Waals surface area contributed by atoms with Crippen molar-refractivity contribution < 1.29 is 0 Å². The van der Waals surface area contributed by atoms with E-state index in [1.54, 1.807) is 0 Å². The van der Waals surface area contributed by atoms with Gasteiger partial charge in [-0.2, -0.15) is 0 Å². The summed E-state index contributed by atoms with van der Waals surface area (Å²) in [7, 11) is 0. The van der Waals surface area contributed by atoms with Crippen molar-refractivity contribution in [2.24, 2.45) is 17.6 Å². The first kappa shape index (κ1) is 13.0. The number of benzene rings is 1. The first-order valence-electron chi connectivity index (χ1n) is 8.03. The molecule has 1 aromatic heterocycles. The predicted octanol–water partition coefficient (Wildman–Crippen LogP) is 2.66. The van der Waals surface area contributed by atoms with Crippen LogP contribution in [0.1, 0.15) is 48.5 Å². The van der Waals surface area contributed by atoms with E-state index in [0.717, 1.165) is 24.6 Å². The van der Waals surface area contributed by atoms with E-state index in [-0.39, 0.29) is 6.04 Å². The standard InChI is InChI=1S/C17H22N4/c1-2-9-21-14(10-19-20-21)17(18)16-13-8-7-11-5-3-4-6-12(11)15(13)16/h3-6,10,13,15-17H,2,7-9,18H2,1H3. The van der Waals surface area contributed by atoms with Gasteiger partial charge in [0.2, 0.25) is 0 Å². The highest BCUT2D eigenvalue weighted by atomic mass is 15.4. The molecule has 4 unspecified atom stereocenters. The Labute approximate surface area is 125 Å². The van der Waals surface area contributed by atoms with Gasteiger partial charge in [-0.25, -0.2) is 4.68 Å². The summed E-state index contributed by atoms with van der Waals surface area (Å²) in [6, 6.07) is 8.94. The van der Waals surface area contributed by atoms with Crippen LogP contribution in [-0.4, -0.2) is 15.0 Å². The van der Waals surface area contributed by atoms with Crippen molar-refractivity contribution >= 4 is 0 Å². The van der Waals surface area contributed by atoms with Crippen LogP contribution in [0.5, 0.6) is 0 Å². The Kier molecular flexibility index (Phi) is 3.07. The van der Waals surface area contributed by atoms with Crippen LogP contribution in [0.15, 0.2) is 30.5 Å². The molecule has 2 aliphatic carbocycles. The average Bonchev–Trinajstić information content (AvgIpc) is 3.09. The molecule has 0 saturated heterocycles.